The third-order valence-corrected chi connectivity index (χ3v) is 4.10. The van der Waals surface area contributed by atoms with Crippen LogP contribution in [0.25, 0.3) is 0 Å². The zero-order chi connectivity index (χ0) is 14.5. The molecule has 0 aliphatic carbocycles. The van der Waals surface area contributed by atoms with Crippen LogP contribution in [0.1, 0.15) is 11.8 Å². The number of hydrogen-bond donors (Lipinski definition) is 2. The van der Waals surface area contributed by atoms with E-state index < -0.39 is 4.92 Å². The molecule has 2 N–H and O–H groups in total. The Kier molecular flexibility index (Phi) is 4.85. The summed E-state index contributed by atoms with van der Waals surface area (Å²) in [5.74, 6) is 0.438. The number of nitro groups is 1. The normalized spacial score (nSPS) is 10.3. The lowest BCUT2D eigenvalue weighted by molar-refractivity contribution is -0.383. The smallest absolute Gasteiger partial charge is 0.353 e. The predicted molar refractivity (Wildman–Crippen MR) is 82.2 cm³/mol. The fourth-order valence-electron chi connectivity index (χ4n) is 1.60. The van der Waals surface area contributed by atoms with Crippen LogP contribution in [-0.2, 0) is 6.54 Å². The molecule has 0 saturated heterocycles. The molecule has 0 spiro atoms. The molecule has 9 heteroatoms. The third-order valence-electron chi connectivity index (χ3n) is 2.40. The summed E-state index contributed by atoms with van der Waals surface area (Å²) < 4.78 is 0.991. The molecule has 20 heavy (non-hydrogen) atoms. The van der Waals surface area contributed by atoms with Gasteiger partial charge < -0.3 is 10.6 Å². The van der Waals surface area contributed by atoms with Crippen molar-refractivity contribution >= 4 is 44.6 Å². The Morgan fingerprint density at radius 1 is 1.40 bits per heavy atom. The van der Waals surface area contributed by atoms with Crippen molar-refractivity contribution in [1.82, 2.24) is 9.97 Å². The van der Waals surface area contributed by atoms with Gasteiger partial charge in [-0.1, -0.05) is 0 Å². The molecule has 0 aromatic carbocycles. The van der Waals surface area contributed by atoms with E-state index in [4.69, 9.17) is 0 Å². The molecule has 0 aliphatic heterocycles. The van der Waals surface area contributed by atoms with Crippen LogP contribution in [0.2, 0.25) is 0 Å². The molecular formula is C11H12BrN5O2S. The second-order valence-electron chi connectivity index (χ2n) is 3.79. The van der Waals surface area contributed by atoms with Crippen molar-refractivity contribution in [1.29, 1.82) is 0 Å². The highest BCUT2D eigenvalue weighted by Crippen LogP contribution is 2.29. The minimum absolute atomic E-state index is 0.134. The van der Waals surface area contributed by atoms with Gasteiger partial charge in [0.05, 0.1) is 11.5 Å². The first-order chi connectivity index (χ1) is 9.61. The average Bonchev–Trinajstić information content (AvgIpc) is 2.82. The van der Waals surface area contributed by atoms with Gasteiger partial charge in [0.15, 0.2) is 0 Å². The van der Waals surface area contributed by atoms with Crippen LogP contribution in [0, 0.1) is 10.1 Å². The van der Waals surface area contributed by atoms with Gasteiger partial charge in [-0.3, -0.25) is 10.1 Å². The molecule has 2 aromatic rings. The molecule has 7 nitrogen and oxygen atoms in total. The molecule has 0 unspecified atom stereocenters. The zero-order valence-corrected chi connectivity index (χ0v) is 13.0. The van der Waals surface area contributed by atoms with Crippen molar-refractivity contribution in [2.75, 3.05) is 17.2 Å². The highest BCUT2D eigenvalue weighted by atomic mass is 79.9. The van der Waals surface area contributed by atoms with Crippen molar-refractivity contribution in [3.05, 3.63) is 37.2 Å². The van der Waals surface area contributed by atoms with E-state index in [1.807, 2.05) is 18.4 Å². The maximum atomic E-state index is 11.2. The fourth-order valence-corrected chi connectivity index (χ4v) is 2.99. The molecular weight excluding hydrogens is 346 g/mol. The number of hydrogen-bond acceptors (Lipinski definition) is 7. The van der Waals surface area contributed by atoms with Crippen molar-refractivity contribution in [3.8, 4) is 0 Å². The number of nitrogens with one attached hydrogen (secondary N) is 2. The largest absolute Gasteiger partial charge is 0.364 e. The molecule has 0 amide bonds. The molecule has 2 rings (SSSR count). The predicted octanol–water partition coefficient (Wildman–Crippen LogP) is 3.25. The standard InChI is InChI=1S/C11H12BrN5O2S/c1-2-13-10-9(17(18)19)11(16-6-15-10)14-4-8-3-7(12)5-20-8/h3,5-6H,2,4H2,1H3,(H2,13,14,15,16). The van der Waals surface area contributed by atoms with Crippen molar-refractivity contribution in [2.24, 2.45) is 0 Å². The summed E-state index contributed by atoms with van der Waals surface area (Å²) in [5.41, 5.74) is -0.134. The molecule has 0 saturated carbocycles. The van der Waals surface area contributed by atoms with E-state index in [0.29, 0.717) is 13.1 Å². The number of thiophene rings is 1. The molecule has 0 fully saturated rings. The molecule has 0 atom stereocenters. The molecule has 0 radical (unpaired) electrons. The van der Waals surface area contributed by atoms with Crippen molar-refractivity contribution in [3.63, 3.8) is 0 Å². The number of aromatic nitrogens is 2. The summed E-state index contributed by atoms with van der Waals surface area (Å²) in [6.45, 7) is 2.87. The van der Waals surface area contributed by atoms with Crippen LogP contribution in [0.15, 0.2) is 22.2 Å². The average molecular weight is 358 g/mol. The lowest BCUT2D eigenvalue weighted by Crippen LogP contribution is -2.09. The highest BCUT2D eigenvalue weighted by Gasteiger charge is 2.22. The molecule has 2 heterocycles. The molecule has 2 aromatic heterocycles. The monoisotopic (exact) mass is 357 g/mol. The Bertz CT molecular complexity index is 619. The first-order valence-corrected chi connectivity index (χ1v) is 7.49. The highest BCUT2D eigenvalue weighted by molar-refractivity contribution is 9.10. The van der Waals surface area contributed by atoms with E-state index in [9.17, 15) is 10.1 Å². The summed E-state index contributed by atoms with van der Waals surface area (Å²) in [4.78, 5) is 19.6. The maximum absolute atomic E-state index is 11.2. The van der Waals surface area contributed by atoms with E-state index in [1.54, 1.807) is 11.3 Å². The first kappa shape index (κ1) is 14.7. The quantitative estimate of drug-likeness (QED) is 0.608. The summed E-state index contributed by atoms with van der Waals surface area (Å²) in [7, 11) is 0. The maximum Gasteiger partial charge on any atom is 0.353 e. The van der Waals surface area contributed by atoms with Crippen LogP contribution >= 0.6 is 27.3 Å². The number of rotatable bonds is 6. The lowest BCUT2D eigenvalue weighted by atomic mass is 10.4. The second kappa shape index (κ2) is 6.62. The Morgan fingerprint density at radius 2 is 2.10 bits per heavy atom. The minimum Gasteiger partial charge on any atom is -0.364 e. The van der Waals surface area contributed by atoms with Gasteiger partial charge in [0.25, 0.3) is 0 Å². The van der Waals surface area contributed by atoms with Crippen LogP contribution in [0.3, 0.4) is 0 Å². The lowest BCUT2D eigenvalue weighted by Gasteiger charge is -2.08. The van der Waals surface area contributed by atoms with E-state index >= 15 is 0 Å². The van der Waals surface area contributed by atoms with Crippen LogP contribution < -0.4 is 10.6 Å². The summed E-state index contributed by atoms with van der Waals surface area (Å²) in [5, 5.41) is 19.0. The zero-order valence-electron chi connectivity index (χ0n) is 10.6. The Morgan fingerprint density at radius 3 is 2.65 bits per heavy atom. The summed E-state index contributed by atoms with van der Waals surface area (Å²) in [6, 6.07) is 1.95. The molecule has 0 aliphatic rings. The Hall–Kier alpha value is -1.74. The van der Waals surface area contributed by atoms with E-state index in [0.717, 1.165) is 9.35 Å². The first-order valence-electron chi connectivity index (χ1n) is 5.81. The minimum atomic E-state index is -0.481. The molecule has 0 bridgehead atoms. The van der Waals surface area contributed by atoms with Crippen molar-refractivity contribution in [2.45, 2.75) is 13.5 Å². The van der Waals surface area contributed by atoms with E-state index in [2.05, 4.69) is 36.5 Å². The number of anilines is 2. The topological polar surface area (TPSA) is 93.0 Å². The van der Waals surface area contributed by atoms with Gasteiger partial charge in [0.1, 0.15) is 6.33 Å². The third kappa shape index (κ3) is 3.42. The fraction of sp³-hybridized carbons (Fsp3) is 0.273. The number of nitrogens with zero attached hydrogens (tertiary/aromatic N) is 3. The molecule has 106 valence electrons. The van der Waals surface area contributed by atoms with E-state index in [1.165, 1.54) is 6.33 Å². The Balaban J connectivity index is 2.22. The van der Waals surface area contributed by atoms with Crippen LogP contribution in [0.4, 0.5) is 17.3 Å². The Labute approximate surface area is 127 Å². The van der Waals surface area contributed by atoms with Gasteiger partial charge >= 0.3 is 5.69 Å². The summed E-state index contributed by atoms with van der Waals surface area (Å²) in [6.07, 6.45) is 1.30. The van der Waals surface area contributed by atoms with Crippen LogP contribution in [-0.4, -0.2) is 21.4 Å². The SMILES string of the molecule is CCNc1ncnc(NCc2cc(Br)cs2)c1[N+](=O)[O-]. The number of halogens is 1. The van der Waals surface area contributed by atoms with Crippen LogP contribution in [0.5, 0.6) is 0 Å². The van der Waals surface area contributed by atoms with Crippen molar-refractivity contribution < 1.29 is 4.92 Å². The van der Waals surface area contributed by atoms with E-state index in [-0.39, 0.29) is 17.3 Å². The second-order valence-corrected chi connectivity index (χ2v) is 5.70. The summed E-state index contributed by atoms with van der Waals surface area (Å²) >= 11 is 4.93. The van der Waals surface area contributed by atoms with Gasteiger partial charge in [-0.15, -0.1) is 11.3 Å². The van der Waals surface area contributed by atoms with Gasteiger partial charge in [0, 0.05) is 21.3 Å². The van der Waals surface area contributed by atoms with Gasteiger partial charge in [0.2, 0.25) is 11.6 Å². The van der Waals surface area contributed by atoms with Gasteiger partial charge in [-0.25, -0.2) is 9.97 Å². The van der Waals surface area contributed by atoms with Gasteiger partial charge in [-0.05, 0) is 28.9 Å². The van der Waals surface area contributed by atoms with Gasteiger partial charge in [-0.2, -0.15) is 0 Å².